The Bertz CT molecular complexity index is 1020. The first kappa shape index (κ1) is 15.5. The molecular formula is C21H16N2OS. The number of aromatic nitrogens is 1. The van der Waals surface area contributed by atoms with E-state index in [4.69, 9.17) is 4.98 Å². The van der Waals surface area contributed by atoms with Crippen LogP contribution in [-0.2, 0) is 4.79 Å². The highest BCUT2D eigenvalue weighted by Crippen LogP contribution is 2.39. The number of carbonyl (C=O) groups excluding carboxylic acids is 1. The Morgan fingerprint density at radius 1 is 0.880 bits per heavy atom. The Morgan fingerprint density at radius 3 is 2.36 bits per heavy atom. The second-order valence-corrected chi connectivity index (χ2v) is 6.79. The number of benzene rings is 3. The number of para-hydroxylation sites is 2. The first-order valence-corrected chi connectivity index (χ1v) is 8.86. The fourth-order valence-electron chi connectivity index (χ4n) is 2.89. The zero-order valence-electron chi connectivity index (χ0n) is 13.7. The Morgan fingerprint density at radius 2 is 1.60 bits per heavy atom. The van der Waals surface area contributed by atoms with E-state index in [0.29, 0.717) is 0 Å². The van der Waals surface area contributed by atoms with Crippen molar-refractivity contribution in [2.75, 3.05) is 5.32 Å². The summed E-state index contributed by atoms with van der Waals surface area (Å²) in [6.45, 7) is 1.53. The van der Waals surface area contributed by atoms with E-state index in [-0.39, 0.29) is 5.91 Å². The zero-order chi connectivity index (χ0) is 17.2. The van der Waals surface area contributed by atoms with Gasteiger partial charge in [0, 0.05) is 18.1 Å². The quantitative estimate of drug-likeness (QED) is 0.526. The first-order valence-electron chi connectivity index (χ1n) is 8.04. The van der Waals surface area contributed by atoms with Gasteiger partial charge in [0.2, 0.25) is 5.91 Å². The summed E-state index contributed by atoms with van der Waals surface area (Å²) in [5, 5.41) is 3.92. The van der Waals surface area contributed by atoms with E-state index in [9.17, 15) is 4.79 Å². The van der Waals surface area contributed by atoms with Crippen LogP contribution in [0.5, 0.6) is 0 Å². The number of carbonyl (C=O) groups is 1. The summed E-state index contributed by atoms with van der Waals surface area (Å²) in [5.74, 6) is -0.0919. The summed E-state index contributed by atoms with van der Waals surface area (Å²) < 4.78 is 1.14. The molecule has 0 saturated carbocycles. The van der Waals surface area contributed by atoms with E-state index in [1.807, 2.05) is 66.7 Å². The Balaban J connectivity index is 1.94. The van der Waals surface area contributed by atoms with Crippen LogP contribution in [-0.4, -0.2) is 10.9 Å². The Hall–Kier alpha value is -2.98. The van der Waals surface area contributed by atoms with Crippen LogP contribution in [0.1, 0.15) is 6.92 Å². The van der Waals surface area contributed by atoms with Gasteiger partial charge in [-0.3, -0.25) is 4.79 Å². The fraction of sp³-hybridized carbons (Fsp3) is 0.0476. The molecule has 1 heterocycles. The van der Waals surface area contributed by atoms with Crippen molar-refractivity contribution in [3.8, 4) is 21.7 Å². The molecule has 0 spiro atoms. The standard InChI is InChI=1S/C21H16N2OS/c1-14(24)22-20-16(15-8-3-2-4-9-15)10-7-11-17(20)21-23-18-12-5-6-13-19(18)25-21/h2-13H,1H3,(H,22,24). The summed E-state index contributed by atoms with van der Waals surface area (Å²) in [4.78, 5) is 16.6. The van der Waals surface area contributed by atoms with Crippen LogP contribution in [0, 0.1) is 0 Å². The molecule has 3 aromatic carbocycles. The van der Waals surface area contributed by atoms with Crippen LogP contribution in [0.2, 0.25) is 0 Å². The van der Waals surface area contributed by atoms with Crippen molar-refractivity contribution in [1.29, 1.82) is 0 Å². The molecule has 0 unspecified atom stereocenters. The summed E-state index contributed by atoms with van der Waals surface area (Å²) in [7, 11) is 0. The maximum Gasteiger partial charge on any atom is 0.221 e. The van der Waals surface area contributed by atoms with Gasteiger partial charge in [-0.05, 0) is 23.8 Å². The molecule has 4 aromatic rings. The minimum absolute atomic E-state index is 0.0919. The van der Waals surface area contributed by atoms with E-state index >= 15 is 0 Å². The van der Waals surface area contributed by atoms with Gasteiger partial charge < -0.3 is 5.32 Å². The molecule has 0 aliphatic rings. The van der Waals surface area contributed by atoms with Crippen molar-refractivity contribution in [3.63, 3.8) is 0 Å². The molecule has 0 aliphatic carbocycles. The van der Waals surface area contributed by atoms with Gasteiger partial charge in [-0.2, -0.15) is 0 Å². The lowest BCUT2D eigenvalue weighted by atomic mass is 10.00. The molecule has 3 nitrogen and oxygen atoms in total. The van der Waals surface area contributed by atoms with Gasteiger partial charge in [-0.15, -0.1) is 11.3 Å². The molecule has 0 radical (unpaired) electrons. The number of hydrogen-bond donors (Lipinski definition) is 1. The fourth-order valence-corrected chi connectivity index (χ4v) is 3.88. The van der Waals surface area contributed by atoms with E-state index < -0.39 is 0 Å². The van der Waals surface area contributed by atoms with E-state index in [2.05, 4.69) is 11.4 Å². The highest BCUT2D eigenvalue weighted by molar-refractivity contribution is 7.21. The molecule has 1 amide bonds. The topological polar surface area (TPSA) is 42.0 Å². The number of hydrogen-bond acceptors (Lipinski definition) is 3. The van der Waals surface area contributed by atoms with Gasteiger partial charge >= 0.3 is 0 Å². The largest absolute Gasteiger partial charge is 0.325 e. The molecule has 0 fully saturated rings. The molecule has 25 heavy (non-hydrogen) atoms. The van der Waals surface area contributed by atoms with Crippen molar-refractivity contribution in [2.24, 2.45) is 0 Å². The van der Waals surface area contributed by atoms with Crippen LogP contribution in [0.3, 0.4) is 0 Å². The minimum atomic E-state index is -0.0919. The molecule has 4 rings (SSSR count). The average Bonchev–Trinajstić information content (AvgIpc) is 3.06. The van der Waals surface area contributed by atoms with Crippen LogP contribution in [0.15, 0.2) is 72.8 Å². The molecule has 1 N–H and O–H groups in total. The summed E-state index contributed by atoms with van der Waals surface area (Å²) in [6, 6.07) is 24.2. The van der Waals surface area contributed by atoms with Gasteiger partial charge in [0.1, 0.15) is 5.01 Å². The van der Waals surface area contributed by atoms with Crippen molar-refractivity contribution < 1.29 is 4.79 Å². The van der Waals surface area contributed by atoms with Crippen LogP contribution in [0.25, 0.3) is 31.9 Å². The maximum absolute atomic E-state index is 11.8. The normalized spacial score (nSPS) is 10.8. The number of amides is 1. The third-order valence-corrected chi connectivity index (χ3v) is 5.04. The molecule has 0 saturated heterocycles. The maximum atomic E-state index is 11.8. The lowest BCUT2D eigenvalue weighted by molar-refractivity contribution is -0.114. The number of nitrogens with one attached hydrogen (secondary N) is 1. The van der Waals surface area contributed by atoms with Crippen LogP contribution >= 0.6 is 11.3 Å². The van der Waals surface area contributed by atoms with E-state index in [1.54, 1.807) is 11.3 Å². The van der Waals surface area contributed by atoms with Crippen LogP contribution in [0.4, 0.5) is 5.69 Å². The summed E-state index contributed by atoms with van der Waals surface area (Å²) in [6.07, 6.45) is 0. The van der Waals surface area contributed by atoms with Crippen molar-refractivity contribution in [3.05, 3.63) is 72.8 Å². The predicted octanol–water partition coefficient (Wildman–Crippen LogP) is 5.59. The van der Waals surface area contributed by atoms with Crippen molar-refractivity contribution >= 4 is 33.1 Å². The average molecular weight is 344 g/mol. The zero-order valence-corrected chi connectivity index (χ0v) is 14.5. The van der Waals surface area contributed by atoms with Crippen LogP contribution < -0.4 is 5.32 Å². The highest BCUT2D eigenvalue weighted by Gasteiger charge is 2.16. The predicted molar refractivity (Wildman–Crippen MR) is 105 cm³/mol. The lowest BCUT2D eigenvalue weighted by Crippen LogP contribution is -2.08. The highest BCUT2D eigenvalue weighted by atomic mass is 32.1. The molecule has 1 aromatic heterocycles. The van der Waals surface area contributed by atoms with E-state index in [1.165, 1.54) is 6.92 Å². The monoisotopic (exact) mass is 344 g/mol. The molecular weight excluding hydrogens is 328 g/mol. The summed E-state index contributed by atoms with van der Waals surface area (Å²) in [5.41, 5.74) is 4.78. The van der Waals surface area contributed by atoms with Gasteiger partial charge in [-0.1, -0.05) is 54.6 Å². The molecule has 0 atom stereocenters. The van der Waals surface area contributed by atoms with Gasteiger partial charge in [-0.25, -0.2) is 4.98 Å². The number of rotatable bonds is 3. The van der Waals surface area contributed by atoms with Crippen molar-refractivity contribution in [1.82, 2.24) is 4.98 Å². The minimum Gasteiger partial charge on any atom is -0.325 e. The van der Waals surface area contributed by atoms with Gasteiger partial charge in [0.25, 0.3) is 0 Å². The summed E-state index contributed by atoms with van der Waals surface area (Å²) >= 11 is 1.63. The second kappa shape index (κ2) is 6.49. The Kier molecular flexibility index (Phi) is 4.04. The van der Waals surface area contributed by atoms with Crippen molar-refractivity contribution in [2.45, 2.75) is 6.92 Å². The molecule has 0 aliphatic heterocycles. The third-order valence-electron chi connectivity index (χ3n) is 3.97. The lowest BCUT2D eigenvalue weighted by Gasteiger charge is -2.14. The Labute approximate surface area is 150 Å². The number of anilines is 1. The number of fused-ring (bicyclic) bond motifs is 1. The third kappa shape index (κ3) is 3.04. The molecule has 122 valence electrons. The van der Waals surface area contributed by atoms with Gasteiger partial charge in [0.15, 0.2) is 0 Å². The molecule has 4 heteroatoms. The second-order valence-electron chi connectivity index (χ2n) is 5.76. The van der Waals surface area contributed by atoms with E-state index in [0.717, 1.165) is 37.6 Å². The van der Waals surface area contributed by atoms with Gasteiger partial charge in [0.05, 0.1) is 15.9 Å². The molecule has 0 bridgehead atoms. The SMILES string of the molecule is CC(=O)Nc1c(-c2ccccc2)cccc1-c1nc2ccccc2s1. The first-order chi connectivity index (χ1) is 12.2. The smallest absolute Gasteiger partial charge is 0.221 e. The number of thiazole rings is 1. The number of nitrogens with zero attached hydrogens (tertiary/aromatic N) is 1.